The Kier molecular flexibility index (Phi) is 7.85. The van der Waals surface area contributed by atoms with Crippen LogP contribution in [0.4, 0.5) is 4.79 Å². The first-order valence-electron chi connectivity index (χ1n) is 12.3. The van der Waals surface area contributed by atoms with E-state index in [0.717, 1.165) is 24.0 Å². The zero-order chi connectivity index (χ0) is 24.8. The topological polar surface area (TPSA) is 105 Å². The zero-order valence-corrected chi connectivity index (χ0v) is 19.9. The molecule has 0 fully saturated rings. The minimum Gasteiger partial charge on any atom is -0.480 e. The van der Waals surface area contributed by atoms with Crippen LogP contribution in [0, 0.1) is 5.92 Å². The first kappa shape index (κ1) is 24.5. The molecule has 0 saturated carbocycles. The number of ether oxygens (including phenoxy) is 1. The van der Waals surface area contributed by atoms with E-state index >= 15 is 0 Å². The normalized spacial score (nSPS) is 19.3. The summed E-state index contributed by atoms with van der Waals surface area (Å²) in [5.41, 5.74) is 4.62. The van der Waals surface area contributed by atoms with E-state index in [1.165, 1.54) is 11.1 Å². The Morgan fingerprint density at radius 1 is 1.06 bits per heavy atom. The Hall–Kier alpha value is -3.61. The van der Waals surface area contributed by atoms with E-state index in [0.29, 0.717) is 19.3 Å². The predicted molar refractivity (Wildman–Crippen MR) is 133 cm³/mol. The molecule has 2 aromatic rings. The van der Waals surface area contributed by atoms with Crippen LogP contribution in [-0.2, 0) is 14.3 Å². The molecule has 2 aromatic carbocycles. The van der Waals surface area contributed by atoms with Gasteiger partial charge in [-0.3, -0.25) is 4.79 Å². The van der Waals surface area contributed by atoms with E-state index in [4.69, 9.17) is 4.74 Å². The summed E-state index contributed by atoms with van der Waals surface area (Å²) >= 11 is 0. The lowest BCUT2D eigenvalue weighted by Crippen LogP contribution is -2.46. The highest BCUT2D eigenvalue weighted by atomic mass is 16.5. The Bertz CT molecular complexity index is 1070. The molecule has 0 bridgehead atoms. The first-order chi connectivity index (χ1) is 17.0. The smallest absolute Gasteiger partial charge is 0.407 e. The van der Waals surface area contributed by atoms with Crippen molar-refractivity contribution in [3.8, 4) is 11.1 Å². The molecule has 184 valence electrons. The third-order valence-corrected chi connectivity index (χ3v) is 6.81. The Morgan fingerprint density at radius 3 is 2.34 bits per heavy atom. The summed E-state index contributed by atoms with van der Waals surface area (Å²) in [7, 11) is 0. The summed E-state index contributed by atoms with van der Waals surface area (Å²) in [5.74, 6) is -1.74. The number of carbonyl (C=O) groups excluding carboxylic acids is 2. The number of nitrogens with one attached hydrogen (secondary N) is 2. The van der Waals surface area contributed by atoms with Crippen molar-refractivity contribution in [2.24, 2.45) is 5.92 Å². The number of allylic oxidation sites excluding steroid dienone is 1. The molecular formula is C28H32N2O5. The van der Waals surface area contributed by atoms with E-state index in [9.17, 15) is 19.5 Å². The lowest BCUT2D eigenvalue weighted by molar-refractivity contribution is -0.142. The van der Waals surface area contributed by atoms with E-state index in [1.54, 1.807) is 0 Å². The number of hydrogen-bond donors (Lipinski definition) is 3. The minimum absolute atomic E-state index is 0.0235. The Morgan fingerprint density at radius 2 is 1.71 bits per heavy atom. The van der Waals surface area contributed by atoms with Gasteiger partial charge in [-0.15, -0.1) is 0 Å². The maximum absolute atomic E-state index is 12.7. The lowest BCUT2D eigenvalue weighted by atomic mass is 9.90. The summed E-state index contributed by atoms with van der Waals surface area (Å²) in [4.78, 5) is 36.8. The molecule has 0 heterocycles. The highest BCUT2D eigenvalue weighted by Crippen LogP contribution is 2.44. The van der Waals surface area contributed by atoms with Gasteiger partial charge in [0.05, 0.1) is 6.04 Å². The molecule has 0 aromatic heterocycles. The van der Waals surface area contributed by atoms with Gasteiger partial charge in [-0.1, -0.05) is 80.4 Å². The molecule has 3 atom stereocenters. The monoisotopic (exact) mass is 476 g/mol. The molecular weight excluding hydrogens is 444 g/mol. The number of carboxylic acid groups (broad SMARTS) is 1. The van der Waals surface area contributed by atoms with Crippen molar-refractivity contribution < 1.29 is 24.2 Å². The minimum atomic E-state index is -1.02. The fourth-order valence-corrected chi connectivity index (χ4v) is 4.96. The SMILES string of the molecule is CCCC[C@H](NC(=O)[C@@H]1CC=C[C@@H](NC(=O)OCC2c3ccccc3-c3ccccc32)C1)C(=O)O. The number of aliphatic carboxylic acids is 1. The largest absolute Gasteiger partial charge is 0.480 e. The summed E-state index contributed by atoms with van der Waals surface area (Å²) in [6.45, 7) is 2.20. The van der Waals surface area contributed by atoms with Gasteiger partial charge in [0.15, 0.2) is 0 Å². The number of fused-ring (bicyclic) bond motifs is 3. The molecule has 0 spiro atoms. The highest BCUT2D eigenvalue weighted by molar-refractivity contribution is 5.85. The van der Waals surface area contributed by atoms with Crippen LogP contribution in [0.3, 0.4) is 0 Å². The van der Waals surface area contributed by atoms with Crippen molar-refractivity contribution >= 4 is 18.0 Å². The molecule has 2 aliphatic carbocycles. The van der Waals surface area contributed by atoms with Crippen LogP contribution in [0.15, 0.2) is 60.7 Å². The third kappa shape index (κ3) is 5.73. The quantitative estimate of drug-likeness (QED) is 0.458. The molecule has 35 heavy (non-hydrogen) atoms. The standard InChI is InChI=1S/C28H32N2O5/c1-2-3-15-25(27(32)33)30-26(31)18-9-8-10-19(16-18)29-28(34)35-17-24-22-13-6-4-11-20(22)21-12-5-7-14-23(21)24/h4-8,10-14,18-19,24-25H,2-3,9,15-17H2,1H3,(H,29,34)(H,30,31)(H,32,33)/t18-,19-,25+/m1/s1. The highest BCUT2D eigenvalue weighted by Gasteiger charge is 2.31. The van der Waals surface area contributed by atoms with Crippen molar-refractivity contribution in [3.05, 3.63) is 71.8 Å². The molecule has 0 unspecified atom stereocenters. The average Bonchev–Trinajstić information content (AvgIpc) is 3.19. The predicted octanol–water partition coefficient (Wildman–Crippen LogP) is 4.62. The molecule has 0 saturated heterocycles. The molecule has 0 radical (unpaired) electrons. The van der Waals surface area contributed by atoms with Gasteiger partial charge in [-0.25, -0.2) is 9.59 Å². The lowest BCUT2D eigenvalue weighted by Gasteiger charge is -2.26. The van der Waals surface area contributed by atoms with Gasteiger partial charge in [0, 0.05) is 11.8 Å². The molecule has 7 nitrogen and oxygen atoms in total. The first-order valence-corrected chi connectivity index (χ1v) is 12.3. The zero-order valence-electron chi connectivity index (χ0n) is 19.9. The van der Waals surface area contributed by atoms with E-state index < -0.39 is 24.0 Å². The van der Waals surface area contributed by atoms with Gasteiger partial charge in [0.25, 0.3) is 0 Å². The Balaban J connectivity index is 1.31. The molecule has 2 amide bonds. The van der Waals surface area contributed by atoms with Crippen LogP contribution in [-0.4, -0.2) is 41.8 Å². The van der Waals surface area contributed by atoms with Crippen LogP contribution in [0.25, 0.3) is 11.1 Å². The number of amides is 2. The van der Waals surface area contributed by atoms with Crippen molar-refractivity contribution in [2.75, 3.05) is 6.61 Å². The van der Waals surface area contributed by atoms with E-state index in [-0.39, 0.29) is 24.5 Å². The maximum atomic E-state index is 12.7. The van der Waals surface area contributed by atoms with Crippen LogP contribution in [0.1, 0.15) is 56.1 Å². The second-order valence-electron chi connectivity index (χ2n) is 9.21. The van der Waals surface area contributed by atoms with Crippen molar-refractivity contribution in [2.45, 2.75) is 57.0 Å². The fourth-order valence-electron chi connectivity index (χ4n) is 4.96. The van der Waals surface area contributed by atoms with Gasteiger partial charge < -0.3 is 20.5 Å². The maximum Gasteiger partial charge on any atom is 0.407 e. The summed E-state index contributed by atoms with van der Waals surface area (Å²) in [6.07, 6.45) is 6.07. The average molecular weight is 477 g/mol. The second-order valence-corrected chi connectivity index (χ2v) is 9.21. The summed E-state index contributed by atoms with van der Waals surface area (Å²) in [5, 5.41) is 14.9. The van der Waals surface area contributed by atoms with E-state index in [2.05, 4.69) is 34.9 Å². The van der Waals surface area contributed by atoms with Gasteiger partial charge in [0.2, 0.25) is 5.91 Å². The number of benzene rings is 2. The van der Waals surface area contributed by atoms with Crippen LogP contribution in [0.5, 0.6) is 0 Å². The number of hydrogen-bond acceptors (Lipinski definition) is 4. The summed E-state index contributed by atoms with van der Waals surface area (Å²) < 4.78 is 5.62. The third-order valence-electron chi connectivity index (χ3n) is 6.81. The van der Waals surface area contributed by atoms with Gasteiger partial charge in [-0.05, 0) is 41.5 Å². The fraction of sp³-hybridized carbons (Fsp3) is 0.393. The Labute approximate surface area is 205 Å². The van der Waals surface area contributed by atoms with Gasteiger partial charge >= 0.3 is 12.1 Å². The molecule has 0 aliphatic heterocycles. The second kappa shape index (κ2) is 11.2. The van der Waals surface area contributed by atoms with Gasteiger partial charge in [0.1, 0.15) is 12.6 Å². The number of alkyl carbamates (subject to hydrolysis) is 1. The van der Waals surface area contributed by atoms with Gasteiger partial charge in [-0.2, -0.15) is 0 Å². The molecule has 3 N–H and O–H groups in total. The van der Waals surface area contributed by atoms with Crippen molar-refractivity contribution in [1.29, 1.82) is 0 Å². The van der Waals surface area contributed by atoms with Crippen molar-refractivity contribution in [3.63, 3.8) is 0 Å². The van der Waals surface area contributed by atoms with Crippen molar-refractivity contribution in [1.82, 2.24) is 10.6 Å². The van der Waals surface area contributed by atoms with Crippen LogP contribution in [0.2, 0.25) is 0 Å². The summed E-state index contributed by atoms with van der Waals surface area (Å²) in [6, 6.07) is 15.1. The van der Waals surface area contributed by atoms with E-state index in [1.807, 2.05) is 43.3 Å². The van der Waals surface area contributed by atoms with Crippen LogP contribution >= 0.6 is 0 Å². The number of unbranched alkanes of at least 4 members (excludes halogenated alkanes) is 1. The number of rotatable bonds is 9. The number of carbonyl (C=O) groups is 3. The molecule has 7 heteroatoms. The number of carboxylic acids is 1. The molecule has 4 rings (SSSR count). The van der Waals surface area contributed by atoms with Crippen LogP contribution < -0.4 is 10.6 Å². The molecule has 2 aliphatic rings.